The second-order valence-electron chi connectivity index (χ2n) is 6.26. The molecule has 0 spiro atoms. The predicted octanol–water partition coefficient (Wildman–Crippen LogP) is 2.95. The Hall–Kier alpha value is -0.510. The summed E-state index contributed by atoms with van der Waals surface area (Å²) in [6, 6.07) is 8.86. The van der Waals surface area contributed by atoms with Gasteiger partial charge in [0.2, 0.25) is 0 Å². The van der Waals surface area contributed by atoms with Crippen LogP contribution in [0.5, 0.6) is 0 Å². The van der Waals surface area contributed by atoms with Gasteiger partial charge in [0.15, 0.2) is 5.96 Å². The van der Waals surface area contributed by atoms with Crippen LogP contribution < -0.4 is 10.6 Å². The first kappa shape index (κ1) is 23.5. The average molecular weight is 492 g/mol. The predicted molar refractivity (Wildman–Crippen MR) is 124 cm³/mol. The van der Waals surface area contributed by atoms with Crippen molar-refractivity contribution in [2.75, 3.05) is 51.9 Å². The molecule has 1 aromatic carbocycles. The number of nitrogens with zero attached hydrogens (tertiary/aromatic N) is 2. The fraction of sp³-hybridized carbons (Fsp3) is 0.632. The van der Waals surface area contributed by atoms with E-state index in [1.54, 1.807) is 0 Å². The van der Waals surface area contributed by atoms with E-state index in [1.807, 2.05) is 18.8 Å². The second kappa shape index (κ2) is 14.5. The fourth-order valence-electron chi connectivity index (χ4n) is 2.76. The molecule has 1 saturated heterocycles. The molecule has 26 heavy (non-hydrogen) atoms. The van der Waals surface area contributed by atoms with E-state index in [1.165, 1.54) is 29.7 Å². The molecule has 0 aliphatic carbocycles. The summed E-state index contributed by atoms with van der Waals surface area (Å²) in [7, 11) is 1.82. The molecule has 1 fully saturated rings. The van der Waals surface area contributed by atoms with Gasteiger partial charge < -0.3 is 15.4 Å². The van der Waals surface area contributed by atoms with Gasteiger partial charge in [0, 0.05) is 39.8 Å². The average Bonchev–Trinajstić information content (AvgIpc) is 2.66. The van der Waals surface area contributed by atoms with Gasteiger partial charge in [-0.1, -0.05) is 24.3 Å². The molecule has 0 amide bonds. The summed E-state index contributed by atoms with van der Waals surface area (Å²) in [4.78, 5) is 6.73. The van der Waals surface area contributed by atoms with Crippen LogP contribution >= 0.6 is 35.7 Å². The fourth-order valence-corrected chi connectivity index (χ4v) is 3.26. The maximum Gasteiger partial charge on any atom is 0.191 e. The van der Waals surface area contributed by atoms with Crippen LogP contribution in [0.15, 0.2) is 29.3 Å². The second-order valence-corrected chi connectivity index (χ2v) is 7.24. The van der Waals surface area contributed by atoms with Crippen molar-refractivity contribution < 1.29 is 4.74 Å². The molecule has 2 N–H and O–H groups in total. The number of benzene rings is 1. The first-order valence-corrected chi connectivity index (χ1v) is 10.5. The Balaban J connectivity index is 0.00000338. The lowest BCUT2D eigenvalue weighted by Crippen LogP contribution is -2.37. The number of rotatable bonds is 9. The van der Waals surface area contributed by atoms with Gasteiger partial charge in [-0.3, -0.25) is 9.89 Å². The van der Waals surface area contributed by atoms with Crippen LogP contribution in [0, 0.1) is 0 Å². The highest BCUT2D eigenvalue weighted by molar-refractivity contribution is 14.0. The Morgan fingerprint density at radius 1 is 1.12 bits per heavy atom. The summed E-state index contributed by atoms with van der Waals surface area (Å²) in [5, 5.41) is 6.76. The highest BCUT2D eigenvalue weighted by Crippen LogP contribution is 2.09. The summed E-state index contributed by atoms with van der Waals surface area (Å²) < 4.78 is 5.40. The SMILES string of the molecule is CN=C(NCCCCSC)NCc1ccc(CN2CCOCC2)cc1.I. The molecule has 0 saturated carbocycles. The Bertz CT molecular complexity index is 507. The summed E-state index contributed by atoms with van der Waals surface area (Å²) >= 11 is 1.90. The molecule has 5 nitrogen and oxygen atoms in total. The number of hydrogen-bond donors (Lipinski definition) is 2. The lowest BCUT2D eigenvalue weighted by Gasteiger charge is -2.26. The molecule has 1 heterocycles. The van der Waals surface area contributed by atoms with Crippen molar-refractivity contribution in [3.63, 3.8) is 0 Å². The molecule has 7 heteroatoms. The molecule has 0 unspecified atom stereocenters. The molecule has 1 aliphatic rings. The van der Waals surface area contributed by atoms with E-state index in [0.29, 0.717) is 0 Å². The van der Waals surface area contributed by atoms with E-state index in [2.05, 4.69) is 51.0 Å². The van der Waals surface area contributed by atoms with E-state index in [-0.39, 0.29) is 24.0 Å². The van der Waals surface area contributed by atoms with Crippen molar-refractivity contribution in [3.05, 3.63) is 35.4 Å². The highest BCUT2D eigenvalue weighted by Gasteiger charge is 2.10. The summed E-state index contributed by atoms with van der Waals surface area (Å²) in [5.41, 5.74) is 2.64. The van der Waals surface area contributed by atoms with Gasteiger partial charge in [-0.15, -0.1) is 24.0 Å². The Morgan fingerprint density at radius 3 is 2.46 bits per heavy atom. The third kappa shape index (κ3) is 9.43. The first-order chi connectivity index (χ1) is 12.3. The third-order valence-electron chi connectivity index (χ3n) is 4.28. The number of thioether (sulfide) groups is 1. The Labute approximate surface area is 179 Å². The van der Waals surface area contributed by atoms with E-state index in [0.717, 1.165) is 51.9 Å². The number of guanidine groups is 1. The first-order valence-electron chi connectivity index (χ1n) is 9.13. The van der Waals surface area contributed by atoms with Crippen molar-refractivity contribution in [2.24, 2.45) is 4.99 Å². The van der Waals surface area contributed by atoms with Crippen LogP contribution in [0.3, 0.4) is 0 Å². The molecule has 1 aromatic rings. The lowest BCUT2D eigenvalue weighted by molar-refractivity contribution is 0.0342. The molecule has 1 aliphatic heterocycles. The maximum atomic E-state index is 5.40. The number of halogens is 1. The van der Waals surface area contributed by atoms with E-state index in [9.17, 15) is 0 Å². The van der Waals surface area contributed by atoms with Crippen LogP contribution in [-0.2, 0) is 17.8 Å². The van der Waals surface area contributed by atoms with Crippen LogP contribution in [-0.4, -0.2) is 62.8 Å². The van der Waals surface area contributed by atoms with Gasteiger partial charge in [-0.2, -0.15) is 11.8 Å². The van der Waals surface area contributed by atoms with Crippen LogP contribution in [0.4, 0.5) is 0 Å². The quantitative estimate of drug-likeness (QED) is 0.240. The van der Waals surface area contributed by atoms with Crippen molar-refractivity contribution >= 4 is 41.7 Å². The number of nitrogens with one attached hydrogen (secondary N) is 2. The van der Waals surface area contributed by atoms with Crippen molar-refractivity contribution in [1.82, 2.24) is 15.5 Å². The summed E-state index contributed by atoms with van der Waals surface area (Å²) in [6.07, 6.45) is 4.58. The van der Waals surface area contributed by atoms with E-state index >= 15 is 0 Å². The van der Waals surface area contributed by atoms with Crippen molar-refractivity contribution in [1.29, 1.82) is 0 Å². The van der Waals surface area contributed by atoms with Gasteiger partial charge in [0.25, 0.3) is 0 Å². The zero-order valence-electron chi connectivity index (χ0n) is 16.0. The van der Waals surface area contributed by atoms with Crippen molar-refractivity contribution in [3.8, 4) is 0 Å². The van der Waals surface area contributed by atoms with Gasteiger partial charge in [-0.05, 0) is 36.0 Å². The van der Waals surface area contributed by atoms with Crippen LogP contribution in [0.2, 0.25) is 0 Å². The van der Waals surface area contributed by atoms with Gasteiger partial charge in [0.05, 0.1) is 13.2 Å². The number of morpholine rings is 1. The monoisotopic (exact) mass is 492 g/mol. The van der Waals surface area contributed by atoms with Gasteiger partial charge in [0.1, 0.15) is 0 Å². The zero-order chi connectivity index (χ0) is 17.7. The standard InChI is InChI=1S/C19H32N4OS.HI/c1-20-19(21-9-3-4-14-25-2)22-15-17-5-7-18(8-6-17)16-23-10-12-24-13-11-23;/h5-8H,3-4,9-16H2,1-2H3,(H2,20,21,22);1H. The molecule has 148 valence electrons. The molecule has 0 radical (unpaired) electrons. The number of ether oxygens (including phenoxy) is 1. The smallest absolute Gasteiger partial charge is 0.191 e. The minimum absolute atomic E-state index is 0. The van der Waals surface area contributed by atoms with Crippen LogP contribution in [0.1, 0.15) is 24.0 Å². The molecular formula is C19H33IN4OS. The minimum atomic E-state index is 0. The lowest BCUT2D eigenvalue weighted by atomic mass is 10.1. The largest absolute Gasteiger partial charge is 0.379 e. The zero-order valence-corrected chi connectivity index (χ0v) is 19.1. The Kier molecular flexibility index (Phi) is 13.2. The van der Waals surface area contributed by atoms with Crippen molar-refractivity contribution in [2.45, 2.75) is 25.9 Å². The molecule has 0 atom stereocenters. The third-order valence-corrected chi connectivity index (χ3v) is 4.98. The Morgan fingerprint density at radius 2 is 1.81 bits per heavy atom. The minimum Gasteiger partial charge on any atom is -0.379 e. The summed E-state index contributed by atoms with van der Waals surface area (Å²) in [5.74, 6) is 2.10. The van der Waals surface area contributed by atoms with E-state index < -0.39 is 0 Å². The number of unbranched alkanes of at least 4 members (excludes halogenated alkanes) is 1. The normalized spacial score (nSPS) is 15.4. The molecule has 2 rings (SSSR count). The maximum absolute atomic E-state index is 5.40. The number of hydrogen-bond acceptors (Lipinski definition) is 4. The number of aliphatic imine (C=N–C) groups is 1. The van der Waals surface area contributed by atoms with E-state index in [4.69, 9.17) is 4.74 Å². The highest BCUT2D eigenvalue weighted by atomic mass is 127. The molecule has 0 bridgehead atoms. The summed E-state index contributed by atoms with van der Waals surface area (Å²) in [6.45, 7) is 6.54. The van der Waals surface area contributed by atoms with Crippen LogP contribution in [0.25, 0.3) is 0 Å². The van der Waals surface area contributed by atoms with Gasteiger partial charge in [-0.25, -0.2) is 0 Å². The van der Waals surface area contributed by atoms with Gasteiger partial charge >= 0.3 is 0 Å². The topological polar surface area (TPSA) is 48.9 Å². The molecular weight excluding hydrogens is 459 g/mol. The molecule has 0 aromatic heterocycles.